The van der Waals surface area contributed by atoms with Gasteiger partial charge in [0, 0.05) is 25.5 Å². The minimum atomic E-state index is -1.13. The van der Waals surface area contributed by atoms with Crippen LogP contribution in [0.25, 0.3) is 11.0 Å². The van der Waals surface area contributed by atoms with Gasteiger partial charge in [-0.3, -0.25) is 4.79 Å². The van der Waals surface area contributed by atoms with Crippen molar-refractivity contribution in [3.8, 4) is 0 Å². The summed E-state index contributed by atoms with van der Waals surface area (Å²) in [7, 11) is 0. The van der Waals surface area contributed by atoms with Crippen LogP contribution in [0.1, 0.15) is 13.3 Å². The molecule has 3 heterocycles. The zero-order valence-electron chi connectivity index (χ0n) is 13.4. The highest BCUT2D eigenvalue weighted by Crippen LogP contribution is 2.39. The summed E-state index contributed by atoms with van der Waals surface area (Å²) in [6, 6.07) is -0.165. The third-order valence-corrected chi connectivity index (χ3v) is 4.68. The Morgan fingerprint density at radius 2 is 2.28 bits per heavy atom. The highest BCUT2D eigenvalue weighted by molar-refractivity contribution is 9.10. The number of fused-ring (bicyclic) bond motifs is 1. The number of amides is 2. The minimum Gasteiger partial charge on any atom is -0.465 e. The van der Waals surface area contributed by atoms with Crippen molar-refractivity contribution in [3.63, 3.8) is 0 Å². The SMILES string of the molecule is C[C@H](O)C(=O)Nc1c[nH]c2ncc(Br)c(N3CC[C@@H](NC(=O)O)C3)c12. The van der Waals surface area contributed by atoms with E-state index in [9.17, 15) is 14.7 Å². The second-order valence-corrected chi connectivity index (χ2v) is 6.78. The Balaban J connectivity index is 1.97. The van der Waals surface area contributed by atoms with Crippen LogP contribution in [-0.2, 0) is 4.79 Å². The highest BCUT2D eigenvalue weighted by atomic mass is 79.9. The Kier molecular flexibility index (Phi) is 4.82. The molecule has 2 aromatic heterocycles. The maximum Gasteiger partial charge on any atom is 0.404 e. The minimum absolute atomic E-state index is 0.165. The number of aromatic nitrogens is 2. The predicted octanol–water partition coefficient (Wildman–Crippen LogP) is 1.49. The summed E-state index contributed by atoms with van der Waals surface area (Å²) < 4.78 is 0.739. The van der Waals surface area contributed by atoms with Gasteiger partial charge in [-0.2, -0.15) is 0 Å². The first kappa shape index (κ1) is 17.5. The molecule has 0 radical (unpaired) electrons. The Bertz CT molecular complexity index is 822. The molecule has 1 saturated heterocycles. The number of hydrogen-bond donors (Lipinski definition) is 5. The van der Waals surface area contributed by atoms with Crippen LogP contribution >= 0.6 is 15.9 Å². The number of rotatable bonds is 4. The van der Waals surface area contributed by atoms with E-state index in [4.69, 9.17) is 5.11 Å². The molecule has 0 aromatic carbocycles. The summed E-state index contributed by atoms with van der Waals surface area (Å²) in [4.78, 5) is 32.0. The molecule has 2 atom stereocenters. The lowest BCUT2D eigenvalue weighted by molar-refractivity contribution is -0.123. The Morgan fingerprint density at radius 1 is 1.52 bits per heavy atom. The number of anilines is 2. The molecule has 0 unspecified atom stereocenters. The number of carbonyl (C=O) groups is 2. The monoisotopic (exact) mass is 411 g/mol. The van der Waals surface area contributed by atoms with E-state index in [1.165, 1.54) is 6.92 Å². The number of pyridine rings is 1. The molecule has 1 aliphatic rings. The Hall–Kier alpha value is -2.33. The number of hydrogen-bond acceptors (Lipinski definition) is 5. The fraction of sp³-hybridized carbons (Fsp3) is 0.400. The number of carboxylic acid groups (broad SMARTS) is 1. The molecule has 5 N–H and O–H groups in total. The first-order valence-corrected chi connectivity index (χ1v) is 8.55. The molecule has 0 aliphatic carbocycles. The van der Waals surface area contributed by atoms with Crippen LogP contribution in [0.15, 0.2) is 16.9 Å². The number of nitrogens with one attached hydrogen (secondary N) is 3. The van der Waals surface area contributed by atoms with Gasteiger partial charge in [-0.1, -0.05) is 0 Å². The average Bonchev–Trinajstić information content (AvgIpc) is 3.14. The summed E-state index contributed by atoms with van der Waals surface area (Å²) in [6.45, 7) is 2.57. The molecule has 9 nitrogen and oxygen atoms in total. The first-order chi connectivity index (χ1) is 11.9. The van der Waals surface area contributed by atoms with Gasteiger partial charge in [0.15, 0.2) is 0 Å². The molecule has 2 amide bonds. The average molecular weight is 412 g/mol. The van der Waals surface area contributed by atoms with E-state index in [1.807, 2.05) is 4.90 Å². The van der Waals surface area contributed by atoms with Crippen molar-refractivity contribution >= 4 is 50.3 Å². The van der Waals surface area contributed by atoms with E-state index >= 15 is 0 Å². The molecular weight excluding hydrogens is 394 g/mol. The summed E-state index contributed by atoms with van der Waals surface area (Å²) in [5.41, 5.74) is 1.93. The number of H-pyrrole nitrogens is 1. The quantitative estimate of drug-likeness (QED) is 0.517. The molecular formula is C15H18BrN5O4. The van der Waals surface area contributed by atoms with Crippen LogP contribution in [0, 0.1) is 0 Å². The lowest BCUT2D eigenvalue weighted by atomic mass is 10.2. The normalized spacial score (nSPS) is 18.4. The molecule has 1 fully saturated rings. The van der Waals surface area contributed by atoms with Crippen molar-refractivity contribution in [1.82, 2.24) is 15.3 Å². The van der Waals surface area contributed by atoms with Crippen molar-refractivity contribution < 1.29 is 19.8 Å². The van der Waals surface area contributed by atoms with Crippen molar-refractivity contribution in [2.75, 3.05) is 23.3 Å². The molecule has 0 bridgehead atoms. The van der Waals surface area contributed by atoms with Gasteiger partial charge in [-0.05, 0) is 29.3 Å². The fourth-order valence-electron chi connectivity index (χ4n) is 2.96. The molecule has 25 heavy (non-hydrogen) atoms. The van der Waals surface area contributed by atoms with Gasteiger partial charge >= 0.3 is 6.09 Å². The standard InChI is InChI=1S/C15H18BrN5O4/c1-7(22)14(23)20-10-5-18-13-11(10)12(9(16)4-17-13)21-3-2-8(6-21)19-15(24)25/h4-5,7-8,19,22H,2-3,6H2,1H3,(H,17,18)(H,20,23)(H,24,25)/t7-,8+/m0/s1. The second kappa shape index (κ2) is 6.89. The fourth-order valence-corrected chi connectivity index (χ4v) is 3.51. The molecule has 134 valence electrons. The maximum atomic E-state index is 11.8. The van der Waals surface area contributed by atoms with Crippen LogP contribution in [0.2, 0.25) is 0 Å². The van der Waals surface area contributed by atoms with E-state index < -0.39 is 18.1 Å². The molecule has 10 heteroatoms. The molecule has 0 saturated carbocycles. The van der Waals surface area contributed by atoms with Crippen molar-refractivity contribution in [2.45, 2.75) is 25.5 Å². The molecule has 1 aliphatic heterocycles. The zero-order valence-corrected chi connectivity index (χ0v) is 15.0. The number of aliphatic hydroxyl groups is 1. The number of nitrogens with zero attached hydrogens (tertiary/aromatic N) is 2. The van der Waals surface area contributed by atoms with Crippen LogP contribution in [0.4, 0.5) is 16.2 Å². The lowest BCUT2D eigenvalue weighted by Crippen LogP contribution is -2.36. The zero-order chi connectivity index (χ0) is 18.1. The third kappa shape index (κ3) is 3.54. The molecule has 2 aromatic rings. The summed E-state index contributed by atoms with van der Waals surface area (Å²) in [5, 5.41) is 24.2. The van der Waals surface area contributed by atoms with Gasteiger partial charge in [0.05, 0.1) is 27.3 Å². The largest absolute Gasteiger partial charge is 0.465 e. The summed E-state index contributed by atoms with van der Waals surface area (Å²) in [6.07, 6.45) is 1.79. The maximum absolute atomic E-state index is 11.8. The topological polar surface area (TPSA) is 131 Å². The van der Waals surface area contributed by atoms with Crippen LogP contribution in [-0.4, -0.2) is 57.4 Å². The summed E-state index contributed by atoms with van der Waals surface area (Å²) in [5.74, 6) is -0.515. The van der Waals surface area contributed by atoms with Crippen LogP contribution in [0.3, 0.4) is 0 Å². The van der Waals surface area contributed by atoms with Gasteiger partial charge in [0.25, 0.3) is 5.91 Å². The Morgan fingerprint density at radius 3 is 2.96 bits per heavy atom. The number of carbonyl (C=O) groups excluding carboxylic acids is 1. The lowest BCUT2D eigenvalue weighted by Gasteiger charge is -2.22. The second-order valence-electron chi connectivity index (χ2n) is 5.93. The molecule has 3 rings (SSSR count). The predicted molar refractivity (Wildman–Crippen MR) is 95.9 cm³/mol. The van der Waals surface area contributed by atoms with Crippen LogP contribution in [0.5, 0.6) is 0 Å². The third-order valence-electron chi connectivity index (χ3n) is 4.10. The van der Waals surface area contributed by atoms with Gasteiger partial charge in [-0.25, -0.2) is 9.78 Å². The molecule has 0 spiro atoms. The van der Waals surface area contributed by atoms with E-state index in [-0.39, 0.29) is 6.04 Å². The van der Waals surface area contributed by atoms with Gasteiger partial charge in [-0.15, -0.1) is 0 Å². The number of aliphatic hydroxyl groups excluding tert-OH is 1. The smallest absolute Gasteiger partial charge is 0.404 e. The van der Waals surface area contributed by atoms with Crippen LogP contribution < -0.4 is 15.5 Å². The summed E-state index contributed by atoms with van der Waals surface area (Å²) >= 11 is 3.50. The Labute approximate surface area is 151 Å². The van der Waals surface area contributed by atoms with E-state index in [1.54, 1.807) is 12.4 Å². The number of halogens is 1. The highest BCUT2D eigenvalue weighted by Gasteiger charge is 2.28. The van der Waals surface area contributed by atoms with E-state index in [2.05, 4.69) is 36.5 Å². The van der Waals surface area contributed by atoms with Crippen molar-refractivity contribution in [3.05, 3.63) is 16.9 Å². The van der Waals surface area contributed by atoms with Gasteiger partial charge in [0.1, 0.15) is 11.8 Å². The van der Waals surface area contributed by atoms with Gasteiger partial charge in [0.2, 0.25) is 0 Å². The van der Waals surface area contributed by atoms with Gasteiger partial charge < -0.3 is 30.7 Å². The number of aromatic amines is 1. The van der Waals surface area contributed by atoms with Crippen molar-refractivity contribution in [2.24, 2.45) is 0 Å². The van der Waals surface area contributed by atoms with Crippen molar-refractivity contribution in [1.29, 1.82) is 0 Å². The van der Waals surface area contributed by atoms with E-state index in [0.29, 0.717) is 36.2 Å². The first-order valence-electron chi connectivity index (χ1n) is 7.75. The van der Waals surface area contributed by atoms with E-state index in [0.717, 1.165) is 10.2 Å².